The minimum Gasteiger partial charge on any atom is -0.493 e. The second kappa shape index (κ2) is 8.00. The number of nitrogens with zero attached hydrogens (tertiary/aromatic N) is 1. The highest BCUT2D eigenvalue weighted by atomic mass is 16.5. The van der Waals surface area contributed by atoms with Gasteiger partial charge in [0, 0.05) is 12.5 Å². The van der Waals surface area contributed by atoms with Crippen LogP contribution < -0.4 is 15.8 Å². The summed E-state index contributed by atoms with van der Waals surface area (Å²) in [6.07, 6.45) is 6.99. The van der Waals surface area contributed by atoms with Crippen molar-refractivity contribution >= 4 is 11.7 Å². The van der Waals surface area contributed by atoms with Gasteiger partial charge in [0.05, 0.1) is 25.5 Å². The zero-order chi connectivity index (χ0) is 18.6. The molecule has 2 atom stereocenters. The molecule has 4 rings (SSSR count). The largest absolute Gasteiger partial charge is 0.493 e. The number of aryl methyl sites for hydroxylation is 2. The molecule has 7 nitrogen and oxygen atoms in total. The number of aromatic nitrogens is 2. The van der Waals surface area contributed by atoms with Crippen LogP contribution in [-0.2, 0) is 17.6 Å². The number of aromatic amines is 1. The van der Waals surface area contributed by atoms with Crippen molar-refractivity contribution in [1.29, 1.82) is 0 Å². The number of hydrogen-bond donors (Lipinski definition) is 3. The van der Waals surface area contributed by atoms with Crippen molar-refractivity contribution in [2.75, 3.05) is 25.5 Å². The zero-order valence-electron chi connectivity index (χ0n) is 15.4. The fourth-order valence-corrected chi connectivity index (χ4v) is 3.78. The minimum atomic E-state index is -0.230. The quantitative estimate of drug-likeness (QED) is 0.723. The van der Waals surface area contributed by atoms with Gasteiger partial charge in [-0.05, 0) is 55.4 Å². The van der Waals surface area contributed by atoms with E-state index in [1.807, 2.05) is 0 Å². The average molecular weight is 370 g/mol. The Morgan fingerprint density at radius 1 is 1.33 bits per heavy atom. The second-order valence-corrected chi connectivity index (χ2v) is 7.40. The summed E-state index contributed by atoms with van der Waals surface area (Å²) in [5, 5.41) is 9.17. The summed E-state index contributed by atoms with van der Waals surface area (Å²) in [4.78, 5) is 12.0. The summed E-state index contributed by atoms with van der Waals surface area (Å²) in [5.41, 5.74) is 8.92. The molecule has 2 aliphatic rings. The molecule has 2 aromatic rings. The number of carbonyl (C=O) groups excluding carboxylic acids is 1. The van der Waals surface area contributed by atoms with Crippen LogP contribution >= 0.6 is 0 Å². The lowest BCUT2D eigenvalue weighted by atomic mass is 9.99. The summed E-state index contributed by atoms with van der Waals surface area (Å²) in [5.74, 6) is 1.39. The predicted molar refractivity (Wildman–Crippen MR) is 102 cm³/mol. The van der Waals surface area contributed by atoms with Crippen LogP contribution in [-0.4, -0.2) is 42.0 Å². The normalized spacial score (nSPS) is 21.6. The van der Waals surface area contributed by atoms with Gasteiger partial charge < -0.3 is 20.5 Å². The lowest BCUT2D eigenvalue weighted by Gasteiger charge is -2.29. The lowest BCUT2D eigenvalue weighted by molar-refractivity contribution is -0.0251. The molecule has 1 aromatic carbocycles. The molecule has 1 amide bonds. The number of fused-ring (bicyclic) bond motifs is 1. The van der Waals surface area contributed by atoms with Crippen molar-refractivity contribution in [2.24, 2.45) is 5.92 Å². The summed E-state index contributed by atoms with van der Waals surface area (Å²) >= 11 is 0. The first-order valence-electron chi connectivity index (χ1n) is 9.62. The summed E-state index contributed by atoms with van der Waals surface area (Å²) in [6.45, 7) is 1.80. The number of nitrogens with two attached hydrogens (primary N) is 1. The van der Waals surface area contributed by atoms with Crippen LogP contribution in [0.1, 0.15) is 40.7 Å². The smallest absolute Gasteiger partial charge is 0.256 e. The molecule has 1 aliphatic heterocycles. The first-order valence-corrected chi connectivity index (χ1v) is 9.62. The molecule has 1 aromatic heterocycles. The lowest BCUT2D eigenvalue weighted by Crippen LogP contribution is -2.38. The van der Waals surface area contributed by atoms with Crippen molar-refractivity contribution in [1.82, 2.24) is 15.5 Å². The van der Waals surface area contributed by atoms with Crippen LogP contribution in [0.15, 0.2) is 24.4 Å². The average Bonchev–Trinajstić information content (AvgIpc) is 3.33. The molecular weight excluding hydrogens is 344 g/mol. The van der Waals surface area contributed by atoms with E-state index in [4.69, 9.17) is 15.2 Å². The molecule has 0 radical (unpaired) electrons. The van der Waals surface area contributed by atoms with E-state index in [9.17, 15) is 4.79 Å². The number of benzene rings is 1. The van der Waals surface area contributed by atoms with Crippen LogP contribution in [0.5, 0.6) is 5.75 Å². The predicted octanol–water partition coefficient (Wildman–Crippen LogP) is 2.08. The highest BCUT2D eigenvalue weighted by Gasteiger charge is 2.23. The third-order valence-electron chi connectivity index (χ3n) is 5.42. The molecule has 7 heteroatoms. The molecule has 1 aliphatic carbocycles. The standard InChI is InChI=1S/C20H26N4O3/c21-19-18(10-23-24-19)20(25)22-9-17-6-4-13(12-27-17)11-26-16-7-5-14-2-1-3-15(14)8-16/h5,7-8,10,13,17H,1-4,6,9,11-12H2,(H,22,25)(H3,21,23,24)/t13-,17+/m0/s1. The van der Waals surface area contributed by atoms with E-state index in [-0.39, 0.29) is 17.8 Å². The van der Waals surface area contributed by atoms with Crippen molar-refractivity contribution < 1.29 is 14.3 Å². The molecule has 27 heavy (non-hydrogen) atoms. The van der Waals surface area contributed by atoms with Crippen molar-refractivity contribution in [3.8, 4) is 5.75 Å². The summed E-state index contributed by atoms with van der Waals surface area (Å²) in [6, 6.07) is 6.46. The highest BCUT2D eigenvalue weighted by molar-refractivity contribution is 5.98. The molecule has 144 valence electrons. The number of anilines is 1. The molecule has 0 bridgehead atoms. The van der Waals surface area contributed by atoms with Crippen LogP contribution in [0.3, 0.4) is 0 Å². The van der Waals surface area contributed by atoms with Gasteiger partial charge in [0.25, 0.3) is 5.91 Å². The molecule has 0 spiro atoms. The summed E-state index contributed by atoms with van der Waals surface area (Å²) in [7, 11) is 0. The van der Waals surface area contributed by atoms with Gasteiger partial charge in [-0.3, -0.25) is 9.89 Å². The molecular formula is C20H26N4O3. The van der Waals surface area contributed by atoms with E-state index in [0.29, 0.717) is 31.2 Å². The Labute approximate surface area is 158 Å². The SMILES string of the molecule is Nc1[nH]ncc1C(=O)NC[C@H]1CC[C@@H](COc2ccc3c(c2)CCC3)CO1. The number of amides is 1. The van der Waals surface area contributed by atoms with Crippen molar-refractivity contribution in [3.05, 3.63) is 41.1 Å². The van der Waals surface area contributed by atoms with Gasteiger partial charge in [-0.25, -0.2) is 0 Å². The van der Waals surface area contributed by atoms with Crippen LogP contribution in [0, 0.1) is 5.92 Å². The second-order valence-electron chi connectivity index (χ2n) is 7.40. The van der Waals surface area contributed by atoms with Gasteiger partial charge in [-0.15, -0.1) is 0 Å². The molecule has 1 saturated heterocycles. The topological polar surface area (TPSA) is 102 Å². The van der Waals surface area contributed by atoms with Gasteiger partial charge in [-0.1, -0.05) is 6.07 Å². The number of H-pyrrole nitrogens is 1. The molecule has 2 heterocycles. The van der Waals surface area contributed by atoms with E-state index in [1.165, 1.54) is 30.2 Å². The van der Waals surface area contributed by atoms with Gasteiger partial charge in [-0.2, -0.15) is 5.10 Å². The fourth-order valence-electron chi connectivity index (χ4n) is 3.78. The fraction of sp³-hybridized carbons (Fsp3) is 0.500. The Balaban J connectivity index is 1.18. The van der Waals surface area contributed by atoms with Gasteiger partial charge >= 0.3 is 0 Å². The number of carbonyl (C=O) groups is 1. The van der Waals surface area contributed by atoms with E-state index in [0.717, 1.165) is 25.0 Å². The molecule has 0 unspecified atom stereocenters. The number of nitrogens with one attached hydrogen (secondary N) is 2. The summed E-state index contributed by atoms with van der Waals surface area (Å²) < 4.78 is 11.9. The van der Waals surface area contributed by atoms with Crippen LogP contribution in [0.4, 0.5) is 5.82 Å². The van der Waals surface area contributed by atoms with Gasteiger partial charge in [0.1, 0.15) is 17.1 Å². The maximum absolute atomic E-state index is 12.0. The number of rotatable bonds is 6. The number of ether oxygens (including phenoxy) is 2. The van der Waals surface area contributed by atoms with E-state index >= 15 is 0 Å². The Morgan fingerprint density at radius 3 is 3.00 bits per heavy atom. The van der Waals surface area contributed by atoms with Gasteiger partial charge in [0.2, 0.25) is 0 Å². The third kappa shape index (κ3) is 4.24. The minimum absolute atomic E-state index is 0.0262. The van der Waals surface area contributed by atoms with Gasteiger partial charge in [0.15, 0.2) is 0 Å². The molecule has 1 fully saturated rings. The van der Waals surface area contributed by atoms with E-state index in [2.05, 4.69) is 33.7 Å². The zero-order valence-corrected chi connectivity index (χ0v) is 15.4. The first kappa shape index (κ1) is 17.9. The molecule has 0 saturated carbocycles. The Kier molecular flexibility index (Phi) is 5.29. The maximum atomic E-state index is 12.0. The Hall–Kier alpha value is -2.54. The third-order valence-corrected chi connectivity index (χ3v) is 5.42. The number of nitrogen functional groups attached to an aromatic ring is 1. The highest BCUT2D eigenvalue weighted by Crippen LogP contribution is 2.27. The Morgan fingerprint density at radius 2 is 2.22 bits per heavy atom. The van der Waals surface area contributed by atoms with Crippen molar-refractivity contribution in [3.63, 3.8) is 0 Å². The van der Waals surface area contributed by atoms with E-state index < -0.39 is 0 Å². The van der Waals surface area contributed by atoms with Crippen LogP contribution in [0.25, 0.3) is 0 Å². The van der Waals surface area contributed by atoms with Crippen LogP contribution in [0.2, 0.25) is 0 Å². The number of hydrogen-bond acceptors (Lipinski definition) is 5. The van der Waals surface area contributed by atoms with Crippen molar-refractivity contribution in [2.45, 2.75) is 38.2 Å². The monoisotopic (exact) mass is 370 g/mol. The first-order chi connectivity index (χ1) is 13.2. The maximum Gasteiger partial charge on any atom is 0.256 e. The molecule has 4 N–H and O–H groups in total. The van der Waals surface area contributed by atoms with E-state index in [1.54, 1.807) is 0 Å². The Bertz CT molecular complexity index is 796.